The Kier molecular flexibility index (Phi) is 2.82. The average Bonchev–Trinajstić information content (AvgIpc) is 2.59. The Bertz CT molecular complexity index is 456. The van der Waals surface area contributed by atoms with Crippen LogP contribution in [0.2, 0.25) is 0 Å². The van der Waals surface area contributed by atoms with Crippen molar-refractivity contribution in [2.45, 2.75) is 20.3 Å². The van der Waals surface area contributed by atoms with E-state index in [0.717, 1.165) is 16.9 Å². The molecule has 0 radical (unpaired) electrons. The highest BCUT2D eigenvalue weighted by Gasteiger charge is 2.11. The number of Topliss-reactive ketones (excluding diaryl/α,β-unsaturated/α-hetero) is 1. The number of ketones is 1. The molecule has 1 unspecified atom stereocenters. The molecule has 0 amide bonds. The summed E-state index contributed by atoms with van der Waals surface area (Å²) in [6.45, 7) is 3.59. The first kappa shape index (κ1) is 10.3. The summed E-state index contributed by atoms with van der Waals surface area (Å²) in [7, 11) is 0. The summed E-state index contributed by atoms with van der Waals surface area (Å²) in [5, 5.41) is 1.05. The smallest absolute Gasteiger partial charge is 0.133 e. The van der Waals surface area contributed by atoms with Crippen LogP contribution in [-0.2, 0) is 11.2 Å². The van der Waals surface area contributed by atoms with Gasteiger partial charge in [0.15, 0.2) is 0 Å². The van der Waals surface area contributed by atoms with Gasteiger partial charge in [0, 0.05) is 12.3 Å². The van der Waals surface area contributed by atoms with Gasteiger partial charge in [-0.05, 0) is 19.1 Å². The minimum Gasteiger partial charge on any atom is -0.300 e. The van der Waals surface area contributed by atoms with Gasteiger partial charge in [-0.3, -0.25) is 4.79 Å². The van der Waals surface area contributed by atoms with E-state index in [0.29, 0.717) is 0 Å². The second-order valence-electron chi connectivity index (χ2n) is 3.79. The summed E-state index contributed by atoms with van der Waals surface area (Å²) in [5.74, 6) is 0.305. The quantitative estimate of drug-likeness (QED) is 0.794. The van der Waals surface area contributed by atoms with E-state index >= 15 is 0 Å². The highest BCUT2D eigenvalue weighted by molar-refractivity contribution is 7.18. The maximum absolute atomic E-state index is 11.1. The molecule has 0 saturated carbocycles. The second-order valence-corrected chi connectivity index (χ2v) is 4.91. The molecule has 0 aliphatic rings. The van der Waals surface area contributed by atoms with Crippen molar-refractivity contribution in [1.82, 2.24) is 4.98 Å². The van der Waals surface area contributed by atoms with Gasteiger partial charge >= 0.3 is 0 Å². The molecule has 3 heteroatoms. The number of fused-ring (bicyclic) bond motifs is 1. The first-order valence-corrected chi connectivity index (χ1v) is 5.83. The van der Waals surface area contributed by atoms with Gasteiger partial charge < -0.3 is 0 Å². The van der Waals surface area contributed by atoms with Crippen LogP contribution in [0.5, 0.6) is 0 Å². The topological polar surface area (TPSA) is 30.0 Å². The van der Waals surface area contributed by atoms with Crippen molar-refractivity contribution in [2.24, 2.45) is 5.92 Å². The Balaban J connectivity index is 2.26. The Morgan fingerprint density at radius 3 is 2.87 bits per heavy atom. The molecule has 2 aromatic rings. The largest absolute Gasteiger partial charge is 0.300 e. The van der Waals surface area contributed by atoms with E-state index in [4.69, 9.17) is 0 Å². The maximum atomic E-state index is 11.1. The molecule has 15 heavy (non-hydrogen) atoms. The van der Waals surface area contributed by atoms with Gasteiger partial charge in [0.2, 0.25) is 0 Å². The van der Waals surface area contributed by atoms with Gasteiger partial charge in [0.1, 0.15) is 5.78 Å². The lowest BCUT2D eigenvalue weighted by molar-refractivity contribution is -0.120. The number of rotatable bonds is 3. The molecule has 0 fully saturated rings. The van der Waals surface area contributed by atoms with Crippen LogP contribution in [0.3, 0.4) is 0 Å². The van der Waals surface area contributed by atoms with Crippen molar-refractivity contribution >= 4 is 27.3 Å². The SMILES string of the molecule is CC(=O)C(C)Cc1nc2ccccc2s1. The van der Waals surface area contributed by atoms with Crippen molar-refractivity contribution in [3.8, 4) is 0 Å². The normalized spacial score (nSPS) is 12.9. The van der Waals surface area contributed by atoms with Crippen molar-refractivity contribution in [1.29, 1.82) is 0 Å². The van der Waals surface area contributed by atoms with E-state index in [1.807, 2.05) is 25.1 Å². The van der Waals surface area contributed by atoms with Gasteiger partial charge in [-0.25, -0.2) is 4.98 Å². The van der Waals surface area contributed by atoms with Gasteiger partial charge in [-0.2, -0.15) is 0 Å². The fraction of sp³-hybridized carbons (Fsp3) is 0.333. The summed E-state index contributed by atoms with van der Waals surface area (Å²) < 4.78 is 1.20. The van der Waals surface area contributed by atoms with Crippen LogP contribution in [0.1, 0.15) is 18.9 Å². The van der Waals surface area contributed by atoms with Gasteiger partial charge in [-0.15, -0.1) is 11.3 Å². The molecule has 0 bridgehead atoms. The molecule has 1 heterocycles. The van der Waals surface area contributed by atoms with E-state index in [-0.39, 0.29) is 11.7 Å². The summed E-state index contributed by atoms with van der Waals surface area (Å²) in [5.41, 5.74) is 1.04. The fourth-order valence-electron chi connectivity index (χ4n) is 1.41. The first-order chi connectivity index (χ1) is 7.16. The third-order valence-electron chi connectivity index (χ3n) is 2.51. The van der Waals surface area contributed by atoms with Crippen LogP contribution in [0.15, 0.2) is 24.3 Å². The third-order valence-corrected chi connectivity index (χ3v) is 3.57. The molecular formula is C12H13NOS. The number of aromatic nitrogens is 1. The van der Waals surface area contributed by atoms with Crippen LogP contribution < -0.4 is 0 Å². The molecule has 0 N–H and O–H groups in total. The minimum absolute atomic E-state index is 0.0746. The lowest BCUT2D eigenvalue weighted by Crippen LogP contribution is -2.08. The zero-order valence-corrected chi connectivity index (χ0v) is 9.67. The van der Waals surface area contributed by atoms with E-state index in [9.17, 15) is 4.79 Å². The third kappa shape index (κ3) is 2.23. The van der Waals surface area contributed by atoms with Gasteiger partial charge in [0.25, 0.3) is 0 Å². The van der Waals surface area contributed by atoms with Crippen molar-refractivity contribution < 1.29 is 4.79 Å². The van der Waals surface area contributed by atoms with Crippen molar-refractivity contribution in [3.63, 3.8) is 0 Å². The Morgan fingerprint density at radius 2 is 2.20 bits per heavy atom. The average molecular weight is 219 g/mol. The predicted molar refractivity (Wildman–Crippen MR) is 63.2 cm³/mol. The molecule has 1 aromatic heterocycles. The molecular weight excluding hydrogens is 206 g/mol. The van der Waals surface area contributed by atoms with Crippen LogP contribution >= 0.6 is 11.3 Å². The number of hydrogen-bond donors (Lipinski definition) is 0. The summed E-state index contributed by atoms with van der Waals surface area (Å²) >= 11 is 1.68. The number of benzene rings is 1. The standard InChI is InChI=1S/C12H13NOS/c1-8(9(2)14)7-12-13-10-5-3-4-6-11(10)15-12/h3-6,8H,7H2,1-2H3. The minimum atomic E-state index is 0.0746. The second kappa shape index (κ2) is 4.11. The van der Waals surface area contributed by atoms with Crippen LogP contribution in [0.4, 0.5) is 0 Å². The Hall–Kier alpha value is -1.22. The van der Waals surface area contributed by atoms with E-state index in [1.54, 1.807) is 18.3 Å². The molecule has 2 rings (SSSR count). The van der Waals surface area contributed by atoms with Crippen LogP contribution in [0.25, 0.3) is 10.2 Å². The number of hydrogen-bond acceptors (Lipinski definition) is 3. The fourth-order valence-corrected chi connectivity index (χ4v) is 2.51. The number of para-hydroxylation sites is 1. The lowest BCUT2D eigenvalue weighted by atomic mass is 10.1. The highest BCUT2D eigenvalue weighted by Crippen LogP contribution is 2.23. The van der Waals surface area contributed by atoms with Crippen LogP contribution in [0, 0.1) is 5.92 Å². The summed E-state index contributed by atoms with van der Waals surface area (Å²) in [6.07, 6.45) is 0.759. The van der Waals surface area contributed by atoms with Crippen molar-refractivity contribution in [3.05, 3.63) is 29.3 Å². The molecule has 0 aliphatic carbocycles. The number of nitrogens with zero attached hydrogens (tertiary/aromatic N) is 1. The first-order valence-electron chi connectivity index (χ1n) is 5.01. The molecule has 78 valence electrons. The Labute approximate surface area is 93.0 Å². The number of thiazole rings is 1. The van der Waals surface area contributed by atoms with Gasteiger partial charge in [0.05, 0.1) is 15.2 Å². The van der Waals surface area contributed by atoms with Crippen LogP contribution in [-0.4, -0.2) is 10.8 Å². The predicted octanol–water partition coefficient (Wildman–Crippen LogP) is 3.06. The summed E-state index contributed by atoms with van der Waals surface area (Å²) in [4.78, 5) is 15.6. The molecule has 2 nitrogen and oxygen atoms in total. The molecule has 1 aromatic carbocycles. The van der Waals surface area contributed by atoms with E-state index < -0.39 is 0 Å². The molecule has 1 atom stereocenters. The number of carbonyl (C=O) groups is 1. The monoisotopic (exact) mass is 219 g/mol. The maximum Gasteiger partial charge on any atom is 0.133 e. The summed E-state index contributed by atoms with van der Waals surface area (Å²) in [6, 6.07) is 8.07. The molecule has 0 aliphatic heterocycles. The van der Waals surface area contributed by atoms with Crippen molar-refractivity contribution in [2.75, 3.05) is 0 Å². The highest BCUT2D eigenvalue weighted by atomic mass is 32.1. The Morgan fingerprint density at radius 1 is 1.47 bits per heavy atom. The lowest BCUT2D eigenvalue weighted by Gasteiger charge is -2.02. The van der Waals surface area contributed by atoms with E-state index in [1.165, 1.54) is 4.70 Å². The van der Waals surface area contributed by atoms with E-state index in [2.05, 4.69) is 11.1 Å². The van der Waals surface area contributed by atoms with Gasteiger partial charge in [-0.1, -0.05) is 19.1 Å². The zero-order valence-electron chi connectivity index (χ0n) is 8.86. The molecule has 0 saturated heterocycles. The molecule has 0 spiro atoms. The zero-order chi connectivity index (χ0) is 10.8. The number of carbonyl (C=O) groups excluding carboxylic acids is 1.